The van der Waals surface area contributed by atoms with Crippen LogP contribution in [-0.2, 0) is 0 Å². The van der Waals surface area contributed by atoms with Gasteiger partial charge in [-0.2, -0.15) is 0 Å². The van der Waals surface area contributed by atoms with Gasteiger partial charge < -0.3 is 5.11 Å². The molecule has 1 aliphatic rings. The second-order valence-electron chi connectivity index (χ2n) is 3.67. The molecule has 1 N–H and O–H groups in total. The number of halogens is 1. The number of rotatable bonds is 2. The highest BCUT2D eigenvalue weighted by Gasteiger charge is 2.40. The van der Waals surface area contributed by atoms with Crippen molar-refractivity contribution in [1.29, 1.82) is 0 Å². The van der Waals surface area contributed by atoms with Crippen molar-refractivity contribution in [3.8, 4) is 0 Å². The van der Waals surface area contributed by atoms with E-state index in [2.05, 4.69) is 0 Å². The van der Waals surface area contributed by atoms with E-state index in [-0.39, 0.29) is 5.78 Å². The zero-order chi connectivity index (χ0) is 10.2. The van der Waals surface area contributed by atoms with E-state index in [9.17, 15) is 9.90 Å². The third-order valence-electron chi connectivity index (χ3n) is 2.68. The predicted octanol–water partition coefficient (Wildman–Crippen LogP) is 2.89. The average Bonchev–Trinajstić information content (AvgIpc) is 2.74. The number of aliphatic hydroxyl groups is 1. The molecule has 1 saturated carbocycles. The number of hydrogen-bond acceptors (Lipinski definition) is 3. The van der Waals surface area contributed by atoms with E-state index >= 15 is 0 Å². The van der Waals surface area contributed by atoms with Crippen molar-refractivity contribution in [2.24, 2.45) is 0 Å². The van der Waals surface area contributed by atoms with Crippen LogP contribution in [-0.4, -0.2) is 16.5 Å². The van der Waals surface area contributed by atoms with E-state index in [1.165, 1.54) is 11.3 Å². The molecule has 1 aromatic rings. The van der Waals surface area contributed by atoms with Crippen molar-refractivity contribution in [2.75, 3.05) is 0 Å². The molecule has 0 radical (unpaired) electrons. The zero-order valence-corrected chi connectivity index (χ0v) is 9.20. The fourth-order valence-electron chi connectivity index (χ4n) is 1.85. The van der Waals surface area contributed by atoms with Gasteiger partial charge in [0.2, 0.25) is 5.78 Å². The summed E-state index contributed by atoms with van der Waals surface area (Å²) in [7, 11) is 0. The maximum Gasteiger partial charge on any atom is 0.205 e. The number of carbonyl (C=O) groups excluding carboxylic acids is 1. The molecule has 1 fully saturated rings. The van der Waals surface area contributed by atoms with Crippen molar-refractivity contribution in [2.45, 2.75) is 31.3 Å². The van der Waals surface area contributed by atoms with Crippen molar-refractivity contribution >= 4 is 28.7 Å². The van der Waals surface area contributed by atoms with Crippen molar-refractivity contribution in [1.82, 2.24) is 0 Å². The number of ketones is 1. The largest absolute Gasteiger partial charge is 0.382 e. The van der Waals surface area contributed by atoms with Crippen LogP contribution in [0.15, 0.2) is 11.4 Å². The van der Waals surface area contributed by atoms with Crippen molar-refractivity contribution in [3.63, 3.8) is 0 Å². The molecular weight excluding hydrogens is 220 g/mol. The minimum Gasteiger partial charge on any atom is -0.382 e. The van der Waals surface area contributed by atoms with Gasteiger partial charge in [0.15, 0.2) is 0 Å². The Morgan fingerprint density at radius 2 is 2.14 bits per heavy atom. The Hall–Kier alpha value is -0.380. The fraction of sp³-hybridized carbons (Fsp3) is 0.500. The fourth-order valence-corrected chi connectivity index (χ4v) is 3.03. The molecule has 14 heavy (non-hydrogen) atoms. The molecule has 1 aromatic heterocycles. The molecule has 2 rings (SSSR count). The van der Waals surface area contributed by atoms with Crippen LogP contribution in [0, 0.1) is 0 Å². The van der Waals surface area contributed by atoms with Gasteiger partial charge >= 0.3 is 0 Å². The third-order valence-corrected chi connectivity index (χ3v) is 4.02. The van der Waals surface area contributed by atoms with Gasteiger partial charge in [0.25, 0.3) is 0 Å². The minimum atomic E-state index is -1.14. The molecular formula is C10H11ClO2S. The van der Waals surface area contributed by atoms with Gasteiger partial charge in [0.05, 0.1) is 9.90 Å². The van der Waals surface area contributed by atoms with Gasteiger partial charge in [0.1, 0.15) is 5.60 Å². The van der Waals surface area contributed by atoms with Crippen molar-refractivity contribution in [3.05, 3.63) is 21.3 Å². The van der Waals surface area contributed by atoms with Gasteiger partial charge in [-0.15, -0.1) is 11.3 Å². The molecule has 0 saturated heterocycles. The summed E-state index contributed by atoms with van der Waals surface area (Å²) in [6, 6.07) is 1.69. The maximum atomic E-state index is 11.9. The molecule has 0 atom stereocenters. The SMILES string of the molecule is O=C(c1sccc1Cl)C1(O)CCCC1. The smallest absolute Gasteiger partial charge is 0.205 e. The number of Topliss-reactive ketones (excluding diaryl/α,β-unsaturated/α-hetero) is 1. The van der Waals surface area contributed by atoms with Gasteiger partial charge in [-0.05, 0) is 37.1 Å². The highest BCUT2D eigenvalue weighted by molar-refractivity contribution is 7.12. The first-order valence-electron chi connectivity index (χ1n) is 4.64. The summed E-state index contributed by atoms with van der Waals surface area (Å²) in [4.78, 5) is 12.4. The maximum absolute atomic E-state index is 11.9. The Morgan fingerprint density at radius 3 is 2.64 bits per heavy atom. The molecule has 0 amide bonds. The Morgan fingerprint density at radius 1 is 1.50 bits per heavy atom. The van der Waals surface area contributed by atoms with Crippen LogP contribution in [0.4, 0.5) is 0 Å². The number of hydrogen-bond donors (Lipinski definition) is 1. The van der Waals surface area contributed by atoms with Crippen LogP contribution in [0.5, 0.6) is 0 Å². The van der Waals surface area contributed by atoms with Gasteiger partial charge in [-0.3, -0.25) is 4.79 Å². The first-order chi connectivity index (χ1) is 6.63. The van der Waals surface area contributed by atoms with Gasteiger partial charge in [0, 0.05) is 0 Å². The molecule has 0 aromatic carbocycles. The summed E-state index contributed by atoms with van der Waals surface area (Å²) in [6.07, 6.45) is 2.98. The Balaban J connectivity index is 2.28. The van der Waals surface area contributed by atoms with Gasteiger partial charge in [-0.1, -0.05) is 11.6 Å². The van der Waals surface area contributed by atoms with E-state index < -0.39 is 5.60 Å². The molecule has 1 aliphatic carbocycles. The molecule has 0 bridgehead atoms. The topological polar surface area (TPSA) is 37.3 Å². The van der Waals surface area contributed by atoms with Crippen LogP contribution < -0.4 is 0 Å². The average molecular weight is 231 g/mol. The predicted molar refractivity (Wildman–Crippen MR) is 57.1 cm³/mol. The first kappa shape index (κ1) is 10.1. The van der Waals surface area contributed by atoms with E-state index in [4.69, 9.17) is 11.6 Å². The normalized spacial score (nSPS) is 19.9. The van der Waals surface area contributed by atoms with E-state index in [1.807, 2.05) is 0 Å². The molecule has 0 unspecified atom stereocenters. The Labute approximate surface area is 91.5 Å². The summed E-state index contributed by atoms with van der Waals surface area (Å²) in [6.45, 7) is 0. The van der Waals surface area contributed by atoms with E-state index in [0.717, 1.165) is 12.8 Å². The van der Waals surface area contributed by atoms with Crippen LogP contribution in [0.1, 0.15) is 35.4 Å². The zero-order valence-electron chi connectivity index (χ0n) is 7.62. The lowest BCUT2D eigenvalue weighted by Gasteiger charge is -2.19. The Kier molecular flexibility index (Phi) is 2.64. The summed E-state index contributed by atoms with van der Waals surface area (Å²) in [5.41, 5.74) is -1.14. The second kappa shape index (κ2) is 3.65. The molecule has 4 heteroatoms. The lowest BCUT2D eigenvalue weighted by Crippen LogP contribution is -2.34. The van der Waals surface area contributed by atoms with E-state index in [1.54, 1.807) is 11.4 Å². The summed E-state index contributed by atoms with van der Waals surface area (Å²) < 4.78 is 0. The summed E-state index contributed by atoms with van der Waals surface area (Å²) in [5.74, 6) is -0.199. The van der Waals surface area contributed by atoms with E-state index in [0.29, 0.717) is 22.7 Å². The highest BCUT2D eigenvalue weighted by atomic mass is 35.5. The molecule has 76 valence electrons. The summed E-state index contributed by atoms with van der Waals surface area (Å²) >= 11 is 7.16. The number of carbonyl (C=O) groups is 1. The molecule has 2 nitrogen and oxygen atoms in total. The lowest BCUT2D eigenvalue weighted by molar-refractivity contribution is 0.0358. The Bertz CT molecular complexity index is 353. The monoisotopic (exact) mass is 230 g/mol. The molecule has 0 aliphatic heterocycles. The third kappa shape index (κ3) is 1.60. The molecule has 0 spiro atoms. The van der Waals surface area contributed by atoms with Crippen LogP contribution in [0.3, 0.4) is 0 Å². The van der Waals surface area contributed by atoms with Crippen LogP contribution in [0.2, 0.25) is 5.02 Å². The number of thiophene rings is 1. The first-order valence-corrected chi connectivity index (χ1v) is 5.89. The summed E-state index contributed by atoms with van der Waals surface area (Å²) in [5, 5.41) is 12.3. The second-order valence-corrected chi connectivity index (χ2v) is 4.99. The highest BCUT2D eigenvalue weighted by Crippen LogP contribution is 2.35. The quantitative estimate of drug-likeness (QED) is 0.794. The lowest BCUT2D eigenvalue weighted by atomic mass is 9.95. The van der Waals surface area contributed by atoms with Crippen molar-refractivity contribution < 1.29 is 9.90 Å². The van der Waals surface area contributed by atoms with Crippen LogP contribution >= 0.6 is 22.9 Å². The molecule has 1 heterocycles. The van der Waals surface area contributed by atoms with Crippen LogP contribution in [0.25, 0.3) is 0 Å². The van der Waals surface area contributed by atoms with Gasteiger partial charge in [-0.25, -0.2) is 0 Å². The minimum absolute atomic E-state index is 0.199. The standard InChI is InChI=1S/C10H11ClO2S/c11-7-3-6-14-8(7)9(12)10(13)4-1-2-5-10/h3,6,13H,1-2,4-5H2.